The van der Waals surface area contributed by atoms with Crippen LogP contribution < -0.4 is 10.6 Å². The number of imidazole rings is 1. The summed E-state index contributed by atoms with van der Waals surface area (Å²) in [6, 6.07) is 16.2. The van der Waals surface area contributed by atoms with Gasteiger partial charge in [-0.2, -0.15) is 5.26 Å². The van der Waals surface area contributed by atoms with E-state index in [1.165, 1.54) is 0 Å². The monoisotopic (exact) mass is 331 g/mol. The Bertz CT molecular complexity index is 894. The normalized spacial score (nSPS) is 11.4. The summed E-state index contributed by atoms with van der Waals surface area (Å²) >= 11 is 0. The number of hydrogen-bond acceptors (Lipinski definition) is 3. The van der Waals surface area contributed by atoms with E-state index in [0.717, 1.165) is 11.3 Å². The first kappa shape index (κ1) is 16.3. The Morgan fingerprint density at radius 3 is 2.72 bits per heavy atom. The van der Waals surface area contributed by atoms with Crippen LogP contribution in [0.1, 0.15) is 24.1 Å². The Balaban J connectivity index is 1.62. The molecule has 2 amide bonds. The van der Waals surface area contributed by atoms with Crippen LogP contribution in [-0.2, 0) is 0 Å². The number of aromatic nitrogens is 2. The Labute approximate surface area is 145 Å². The van der Waals surface area contributed by atoms with E-state index in [0.29, 0.717) is 11.3 Å². The molecule has 2 N–H and O–H groups in total. The van der Waals surface area contributed by atoms with Crippen LogP contribution in [0.4, 0.5) is 10.5 Å². The maximum absolute atomic E-state index is 12.1. The molecule has 6 heteroatoms. The molecule has 0 radical (unpaired) electrons. The zero-order valence-corrected chi connectivity index (χ0v) is 13.7. The van der Waals surface area contributed by atoms with Gasteiger partial charge in [-0.25, -0.2) is 9.78 Å². The number of amides is 2. The Morgan fingerprint density at radius 2 is 2.04 bits per heavy atom. The summed E-state index contributed by atoms with van der Waals surface area (Å²) in [6.45, 7) is 1.91. The van der Waals surface area contributed by atoms with Crippen molar-refractivity contribution < 1.29 is 4.79 Å². The maximum atomic E-state index is 12.1. The summed E-state index contributed by atoms with van der Waals surface area (Å²) in [5, 5.41) is 14.5. The van der Waals surface area contributed by atoms with Gasteiger partial charge in [-0.15, -0.1) is 0 Å². The summed E-state index contributed by atoms with van der Waals surface area (Å²) in [5.74, 6) is 0. The van der Waals surface area contributed by atoms with Gasteiger partial charge in [0.05, 0.1) is 24.0 Å². The average molecular weight is 331 g/mol. The summed E-state index contributed by atoms with van der Waals surface area (Å²) in [5.41, 5.74) is 3.08. The molecule has 1 unspecified atom stereocenters. The van der Waals surface area contributed by atoms with Crippen molar-refractivity contribution in [1.82, 2.24) is 14.9 Å². The van der Waals surface area contributed by atoms with Crippen LogP contribution in [0.25, 0.3) is 5.69 Å². The first-order valence-electron chi connectivity index (χ1n) is 7.81. The largest absolute Gasteiger partial charge is 0.331 e. The predicted molar refractivity (Wildman–Crippen MR) is 95.3 cm³/mol. The summed E-state index contributed by atoms with van der Waals surface area (Å²) in [7, 11) is 0. The summed E-state index contributed by atoms with van der Waals surface area (Å²) < 4.78 is 1.91. The van der Waals surface area contributed by atoms with Gasteiger partial charge in [0.25, 0.3) is 0 Å². The minimum Gasteiger partial charge on any atom is -0.331 e. The molecule has 0 saturated carbocycles. The number of nitriles is 1. The number of benzene rings is 2. The lowest BCUT2D eigenvalue weighted by Gasteiger charge is -2.16. The van der Waals surface area contributed by atoms with Crippen molar-refractivity contribution in [2.75, 3.05) is 5.32 Å². The number of carbonyl (C=O) groups is 1. The minimum absolute atomic E-state index is 0.156. The molecule has 6 nitrogen and oxygen atoms in total. The van der Waals surface area contributed by atoms with Gasteiger partial charge in [-0.1, -0.05) is 18.2 Å². The molecule has 0 aliphatic rings. The van der Waals surface area contributed by atoms with Crippen molar-refractivity contribution in [3.63, 3.8) is 0 Å². The lowest BCUT2D eigenvalue weighted by atomic mass is 10.1. The third-order valence-electron chi connectivity index (χ3n) is 3.79. The Morgan fingerprint density at radius 1 is 1.24 bits per heavy atom. The van der Waals surface area contributed by atoms with Crippen molar-refractivity contribution in [2.45, 2.75) is 13.0 Å². The average Bonchev–Trinajstić information content (AvgIpc) is 3.16. The van der Waals surface area contributed by atoms with Crippen molar-refractivity contribution in [3.05, 3.63) is 78.4 Å². The van der Waals surface area contributed by atoms with E-state index in [9.17, 15) is 4.79 Å². The smallest absolute Gasteiger partial charge is 0.319 e. The van der Waals surface area contributed by atoms with Gasteiger partial charge in [0, 0.05) is 23.8 Å². The number of carbonyl (C=O) groups excluding carboxylic acids is 1. The third kappa shape index (κ3) is 4.03. The Kier molecular flexibility index (Phi) is 4.77. The molecule has 0 bridgehead atoms. The van der Waals surface area contributed by atoms with E-state index in [-0.39, 0.29) is 12.1 Å². The number of anilines is 1. The topological polar surface area (TPSA) is 82.7 Å². The number of hydrogen-bond donors (Lipinski definition) is 2. The highest BCUT2D eigenvalue weighted by Gasteiger charge is 2.10. The van der Waals surface area contributed by atoms with Crippen LogP contribution in [0.15, 0.2) is 67.3 Å². The molecule has 0 fully saturated rings. The first-order valence-corrected chi connectivity index (χ1v) is 7.81. The van der Waals surface area contributed by atoms with Crippen molar-refractivity contribution in [1.29, 1.82) is 5.26 Å². The molecule has 0 aliphatic heterocycles. The lowest BCUT2D eigenvalue weighted by molar-refractivity contribution is 0.249. The zero-order chi connectivity index (χ0) is 17.6. The van der Waals surface area contributed by atoms with Crippen LogP contribution in [0, 0.1) is 11.3 Å². The van der Waals surface area contributed by atoms with Crippen LogP contribution >= 0.6 is 0 Å². The quantitative estimate of drug-likeness (QED) is 0.766. The van der Waals surface area contributed by atoms with Crippen LogP contribution in [-0.4, -0.2) is 15.6 Å². The minimum atomic E-state index is -0.318. The van der Waals surface area contributed by atoms with Crippen molar-refractivity contribution in [3.8, 4) is 11.8 Å². The first-order chi connectivity index (χ1) is 12.2. The molecule has 124 valence electrons. The predicted octanol–water partition coefficient (Wildman–Crippen LogP) is 3.63. The molecule has 1 aromatic heterocycles. The van der Waals surface area contributed by atoms with E-state index >= 15 is 0 Å². The highest BCUT2D eigenvalue weighted by molar-refractivity contribution is 5.89. The standard InChI is InChI=1S/C19H17N5O/c1-14(16-5-7-18(8-6-16)24-10-9-21-13-24)22-19(25)23-17-4-2-3-15(11-17)12-20/h2-11,13-14H,1H3,(H2,22,23,25). The lowest BCUT2D eigenvalue weighted by Crippen LogP contribution is -2.31. The van der Waals surface area contributed by atoms with E-state index in [1.54, 1.807) is 36.8 Å². The summed E-state index contributed by atoms with van der Waals surface area (Å²) in [6.07, 6.45) is 5.34. The van der Waals surface area contributed by atoms with Gasteiger partial charge in [0.1, 0.15) is 0 Å². The van der Waals surface area contributed by atoms with Gasteiger partial charge in [0.15, 0.2) is 0 Å². The molecule has 0 saturated heterocycles. The zero-order valence-electron chi connectivity index (χ0n) is 13.7. The van der Waals surface area contributed by atoms with Crippen LogP contribution in [0.3, 0.4) is 0 Å². The van der Waals surface area contributed by atoms with Gasteiger partial charge >= 0.3 is 6.03 Å². The highest BCUT2D eigenvalue weighted by atomic mass is 16.2. The van der Waals surface area contributed by atoms with Gasteiger partial charge in [0.2, 0.25) is 0 Å². The van der Waals surface area contributed by atoms with Gasteiger partial charge in [-0.3, -0.25) is 0 Å². The highest BCUT2D eigenvalue weighted by Crippen LogP contribution is 2.16. The Hall–Kier alpha value is -3.59. The van der Waals surface area contributed by atoms with Gasteiger partial charge in [-0.05, 0) is 42.8 Å². The second-order valence-electron chi connectivity index (χ2n) is 5.57. The molecule has 0 aliphatic carbocycles. The van der Waals surface area contributed by atoms with E-state index in [4.69, 9.17) is 5.26 Å². The second kappa shape index (κ2) is 7.32. The van der Waals surface area contributed by atoms with Crippen LogP contribution in [0.5, 0.6) is 0 Å². The second-order valence-corrected chi connectivity index (χ2v) is 5.57. The molecule has 0 spiro atoms. The number of urea groups is 1. The van der Waals surface area contributed by atoms with E-state index < -0.39 is 0 Å². The molecular weight excluding hydrogens is 314 g/mol. The molecule has 3 aromatic rings. The fourth-order valence-corrected chi connectivity index (χ4v) is 2.46. The SMILES string of the molecule is CC(NC(=O)Nc1cccc(C#N)c1)c1ccc(-n2ccnc2)cc1. The number of rotatable bonds is 4. The fraction of sp³-hybridized carbons (Fsp3) is 0.105. The van der Waals surface area contributed by atoms with Gasteiger partial charge < -0.3 is 15.2 Å². The number of nitrogens with one attached hydrogen (secondary N) is 2. The van der Waals surface area contributed by atoms with E-state index in [2.05, 4.69) is 15.6 Å². The molecule has 25 heavy (non-hydrogen) atoms. The van der Waals surface area contributed by atoms with E-state index in [1.807, 2.05) is 48.0 Å². The molecule has 3 rings (SSSR count). The molecule has 1 atom stereocenters. The number of nitrogens with zero attached hydrogens (tertiary/aromatic N) is 3. The molecular formula is C19H17N5O. The van der Waals surface area contributed by atoms with Crippen molar-refractivity contribution >= 4 is 11.7 Å². The maximum Gasteiger partial charge on any atom is 0.319 e. The fourth-order valence-electron chi connectivity index (χ4n) is 2.46. The third-order valence-corrected chi connectivity index (χ3v) is 3.79. The van der Waals surface area contributed by atoms with Crippen molar-refractivity contribution in [2.24, 2.45) is 0 Å². The van der Waals surface area contributed by atoms with Crippen LogP contribution in [0.2, 0.25) is 0 Å². The molecule has 2 aromatic carbocycles. The molecule has 1 heterocycles. The summed E-state index contributed by atoms with van der Waals surface area (Å²) in [4.78, 5) is 16.2.